The summed E-state index contributed by atoms with van der Waals surface area (Å²) in [4.78, 5) is 23.1. The quantitative estimate of drug-likeness (QED) is 0.865. The van der Waals surface area contributed by atoms with Gasteiger partial charge in [0.1, 0.15) is 0 Å². The smallest absolute Gasteiger partial charge is 0.322 e. The molecule has 0 fully saturated rings. The first kappa shape index (κ1) is 15.8. The summed E-state index contributed by atoms with van der Waals surface area (Å²) in [6.07, 6.45) is -4.43. The number of halogens is 3. The zero-order valence-electron chi connectivity index (χ0n) is 11.6. The van der Waals surface area contributed by atoms with Gasteiger partial charge < -0.3 is 5.32 Å². The van der Waals surface area contributed by atoms with Crippen LogP contribution in [-0.2, 0) is 6.18 Å². The molecule has 1 N–H and O–H groups in total. The number of nitrogens with one attached hydrogen (secondary N) is 1. The maximum atomic E-state index is 12.4. The van der Waals surface area contributed by atoms with Gasteiger partial charge >= 0.3 is 6.18 Å². The third-order valence-corrected chi connectivity index (χ3v) is 3.02. The van der Waals surface area contributed by atoms with Gasteiger partial charge in [-0.1, -0.05) is 0 Å². The second-order valence-corrected chi connectivity index (χ2v) is 4.66. The van der Waals surface area contributed by atoms with E-state index in [-0.39, 0.29) is 11.3 Å². The van der Waals surface area contributed by atoms with E-state index in [9.17, 15) is 22.8 Å². The Morgan fingerprint density at radius 1 is 0.864 bits per heavy atom. The average Bonchev–Trinajstić information content (AvgIpc) is 2.47. The second-order valence-electron chi connectivity index (χ2n) is 4.66. The highest BCUT2D eigenvalue weighted by molar-refractivity contribution is 6.04. The first-order valence-electron chi connectivity index (χ1n) is 6.37. The van der Waals surface area contributed by atoms with Crippen molar-refractivity contribution in [1.82, 2.24) is 0 Å². The van der Waals surface area contributed by atoms with Crippen LogP contribution in [0.2, 0.25) is 0 Å². The Bertz CT molecular complexity index is 689. The van der Waals surface area contributed by atoms with Gasteiger partial charge in [-0.25, -0.2) is 0 Å². The molecule has 0 atom stereocenters. The fourth-order valence-corrected chi connectivity index (χ4v) is 1.80. The molecule has 0 aliphatic carbocycles. The van der Waals surface area contributed by atoms with Crippen molar-refractivity contribution in [2.75, 3.05) is 5.32 Å². The normalized spacial score (nSPS) is 11.1. The molecule has 3 nitrogen and oxygen atoms in total. The molecule has 0 saturated carbocycles. The van der Waals surface area contributed by atoms with Crippen LogP contribution in [-0.4, -0.2) is 11.7 Å². The average molecular weight is 307 g/mol. The van der Waals surface area contributed by atoms with Crippen LogP contribution in [0.15, 0.2) is 48.5 Å². The van der Waals surface area contributed by atoms with Crippen molar-refractivity contribution in [3.05, 3.63) is 65.2 Å². The number of alkyl halides is 3. The molecule has 0 bridgehead atoms. The summed E-state index contributed by atoms with van der Waals surface area (Å²) >= 11 is 0. The lowest BCUT2D eigenvalue weighted by Crippen LogP contribution is -2.13. The summed E-state index contributed by atoms with van der Waals surface area (Å²) in [5, 5.41) is 2.55. The molecule has 0 unspecified atom stereocenters. The van der Waals surface area contributed by atoms with Crippen LogP contribution in [0.1, 0.15) is 33.2 Å². The van der Waals surface area contributed by atoms with Gasteiger partial charge in [-0.15, -0.1) is 0 Å². The Morgan fingerprint density at radius 2 is 1.36 bits per heavy atom. The molecule has 1 amide bonds. The largest absolute Gasteiger partial charge is 0.416 e. The predicted molar refractivity (Wildman–Crippen MR) is 75.8 cm³/mol. The van der Waals surface area contributed by atoms with Gasteiger partial charge in [0.25, 0.3) is 5.91 Å². The number of benzene rings is 2. The number of anilines is 1. The van der Waals surface area contributed by atoms with Crippen molar-refractivity contribution in [1.29, 1.82) is 0 Å². The SMILES string of the molecule is CC(=O)c1ccc(NC(=O)c2ccc(C(F)(F)F)cc2)cc1. The fraction of sp³-hybridized carbons (Fsp3) is 0.125. The number of hydrogen-bond donors (Lipinski definition) is 1. The summed E-state index contributed by atoms with van der Waals surface area (Å²) in [6.45, 7) is 1.43. The van der Waals surface area contributed by atoms with E-state index in [0.29, 0.717) is 11.3 Å². The minimum Gasteiger partial charge on any atom is -0.322 e. The molecule has 6 heteroatoms. The third-order valence-electron chi connectivity index (χ3n) is 3.02. The monoisotopic (exact) mass is 307 g/mol. The van der Waals surface area contributed by atoms with Crippen LogP contribution in [0.5, 0.6) is 0 Å². The van der Waals surface area contributed by atoms with Crippen molar-refractivity contribution in [2.24, 2.45) is 0 Å². The molecular formula is C16H12F3NO2. The van der Waals surface area contributed by atoms with E-state index >= 15 is 0 Å². The summed E-state index contributed by atoms with van der Waals surface area (Å²) in [6, 6.07) is 10.2. The highest BCUT2D eigenvalue weighted by Gasteiger charge is 2.30. The zero-order chi connectivity index (χ0) is 16.3. The highest BCUT2D eigenvalue weighted by Crippen LogP contribution is 2.29. The van der Waals surface area contributed by atoms with Gasteiger partial charge in [-0.3, -0.25) is 9.59 Å². The van der Waals surface area contributed by atoms with Crippen LogP contribution < -0.4 is 5.32 Å². The number of carbonyl (C=O) groups excluding carboxylic acids is 2. The standard InChI is InChI=1S/C16H12F3NO2/c1-10(21)11-4-8-14(9-5-11)20-15(22)12-2-6-13(7-3-12)16(17,18)19/h2-9H,1H3,(H,20,22). The molecule has 2 aromatic rings. The van der Waals surface area contributed by atoms with E-state index in [0.717, 1.165) is 24.3 Å². The topological polar surface area (TPSA) is 46.2 Å². The van der Waals surface area contributed by atoms with E-state index in [1.165, 1.54) is 6.92 Å². The van der Waals surface area contributed by atoms with Gasteiger partial charge in [0, 0.05) is 16.8 Å². The summed E-state index contributed by atoms with van der Waals surface area (Å²) in [5.74, 6) is -0.620. The van der Waals surface area contributed by atoms with E-state index in [1.807, 2.05) is 0 Å². The van der Waals surface area contributed by atoms with Crippen LogP contribution in [0.3, 0.4) is 0 Å². The zero-order valence-corrected chi connectivity index (χ0v) is 11.6. The molecule has 114 valence electrons. The van der Waals surface area contributed by atoms with Crippen molar-refractivity contribution >= 4 is 17.4 Å². The lowest BCUT2D eigenvalue weighted by Gasteiger charge is -2.08. The molecular weight excluding hydrogens is 295 g/mol. The molecule has 0 heterocycles. The van der Waals surface area contributed by atoms with E-state index in [2.05, 4.69) is 5.32 Å². The molecule has 22 heavy (non-hydrogen) atoms. The molecule has 0 spiro atoms. The Labute approximate surface area is 124 Å². The lowest BCUT2D eigenvalue weighted by atomic mass is 10.1. The second kappa shape index (κ2) is 6.01. The first-order chi connectivity index (χ1) is 10.3. The minimum absolute atomic E-state index is 0.0967. The Kier molecular flexibility index (Phi) is 4.30. The fourth-order valence-electron chi connectivity index (χ4n) is 1.80. The highest BCUT2D eigenvalue weighted by atomic mass is 19.4. The van der Waals surface area contributed by atoms with E-state index in [1.54, 1.807) is 24.3 Å². The molecule has 0 aromatic heterocycles. The number of Topliss-reactive ketones (excluding diaryl/α,β-unsaturated/α-hetero) is 1. The van der Waals surface area contributed by atoms with Gasteiger partial charge in [-0.05, 0) is 55.5 Å². The van der Waals surface area contributed by atoms with Crippen LogP contribution in [0, 0.1) is 0 Å². The van der Waals surface area contributed by atoms with Crippen LogP contribution >= 0.6 is 0 Å². The third kappa shape index (κ3) is 3.72. The predicted octanol–water partition coefficient (Wildman–Crippen LogP) is 4.16. The molecule has 0 aliphatic rings. The van der Waals surface area contributed by atoms with Gasteiger partial charge in [0.05, 0.1) is 5.56 Å². The molecule has 0 radical (unpaired) electrons. The Balaban J connectivity index is 2.10. The number of rotatable bonds is 3. The van der Waals surface area contributed by atoms with Crippen molar-refractivity contribution in [2.45, 2.75) is 13.1 Å². The number of amides is 1. The number of ketones is 1. The van der Waals surface area contributed by atoms with Crippen LogP contribution in [0.4, 0.5) is 18.9 Å². The van der Waals surface area contributed by atoms with Crippen molar-refractivity contribution in [3.63, 3.8) is 0 Å². The van der Waals surface area contributed by atoms with Gasteiger partial charge in [0.2, 0.25) is 0 Å². The van der Waals surface area contributed by atoms with E-state index < -0.39 is 17.6 Å². The lowest BCUT2D eigenvalue weighted by molar-refractivity contribution is -0.137. The maximum Gasteiger partial charge on any atom is 0.416 e. The number of hydrogen-bond acceptors (Lipinski definition) is 2. The summed E-state index contributed by atoms with van der Waals surface area (Å²) in [7, 11) is 0. The summed E-state index contributed by atoms with van der Waals surface area (Å²) in [5.41, 5.74) is 0.265. The molecule has 0 saturated heterocycles. The first-order valence-corrected chi connectivity index (χ1v) is 6.37. The minimum atomic E-state index is -4.43. The van der Waals surface area contributed by atoms with Gasteiger partial charge in [0.15, 0.2) is 5.78 Å². The Hall–Kier alpha value is -2.63. The van der Waals surface area contributed by atoms with Crippen LogP contribution in [0.25, 0.3) is 0 Å². The van der Waals surface area contributed by atoms with Crippen molar-refractivity contribution in [3.8, 4) is 0 Å². The molecule has 0 aliphatic heterocycles. The van der Waals surface area contributed by atoms with E-state index in [4.69, 9.17) is 0 Å². The number of carbonyl (C=O) groups is 2. The summed E-state index contributed by atoms with van der Waals surface area (Å²) < 4.78 is 37.3. The Morgan fingerprint density at radius 3 is 1.82 bits per heavy atom. The maximum absolute atomic E-state index is 12.4. The molecule has 2 aromatic carbocycles. The molecule has 2 rings (SSSR count). The van der Waals surface area contributed by atoms with Gasteiger partial charge in [-0.2, -0.15) is 13.2 Å². The van der Waals surface area contributed by atoms with Crippen molar-refractivity contribution < 1.29 is 22.8 Å².